The van der Waals surface area contributed by atoms with Crippen LogP contribution in [0.5, 0.6) is 11.5 Å². The summed E-state index contributed by atoms with van der Waals surface area (Å²) in [5.41, 5.74) is -8.87. The number of hydrogen-bond donors (Lipinski definition) is 0. The van der Waals surface area contributed by atoms with E-state index in [-0.39, 0.29) is 11.3 Å². The molecule has 0 heterocycles. The average Bonchev–Trinajstić information content (AvgIpc) is 3.04. The highest BCUT2D eigenvalue weighted by Crippen LogP contribution is 2.45. The highest BCUT2D eigenvalue weighted by atomic mass is 19.4. The van der Waals surface area contributed by atoms with Gasteiger partial charge < -0.3 is 28.4 Å². The van der Waals surface area contributed by atoms with Crippen molar-refractivity contribution in [2.45, 2.75) is 49.9 Å². The van der Waals surface area contributed by atoms with Crippen molar-refractivity contribution in [3.8, 4) is 11.5 Å². The first-order valence-corrected chi connectivity index (χ1v) is 14.5. The lowest BCUT2D eigenvalue weighted by atomic mass is 9.92. The maximum atomic E-state index is 14.4. The van der Waals surface area contributed by atoms with E-state index in [1.807, 2.05) is 0 Å². The molecule has 0 N–H and O–H groups in total. The molecule has 3 atom stereocenters. The molecule has 0 amide bonds. The Hall–Kier alpha value is -4.96. The van der Waals surface area contributed by atoms with Crippen molar-refractivity contribution >= 4 is 23.7 Å². The molecule has 0 aliphatic carbocycles. The van der Waals surface area contributed by atoms with Crippen molar-refractivity contribution in [3.05, 3.63) is 95.1 Å². The molecule has 10 nitrogen and oxygen atoms in total. The molecule has 0 aromatic heterocycles. The van der Waals surface area contributed by atoms with Crippen LogP contribution in [0, 0.1) is 6.92 Å². The van der Waals surface area contributed by atoms with Gasteiger partial charge in [-0.15, -0.1) is 0 Å². The van der Waals surface area contributed by atoms with Crippen molar-refractivity contribution in [2.24, 2.45) is 0 Å². The molecule has 0 bridgehead atoms. The van der Waals surface area contributed by atoms with Gasteiger partial charge in [0, 0.05) is 37.8 Å². The van der Waals surface area contributed by atoms with E-state index in [2.05, 4.69) is 4.74 Å². The summed E-state index contributed by atoms with van der Waals surface area (Å²) < 4.78 is 115. The quantitative estimate of drug-likeness (QED) is 0.109. The molecule has 0 fully saturated rings. The van der Waals surface area contributed by atoms with Crippen LogP contribution >= 0.6 is 0 Å². The average molecular weight is 715 g/mol. The maximum absolute atomic E-state index is 14.4. The third kappa shape index (κ3) is 7.91. The molecule has 0 saturated heterocycles. The second-order valence-electron chi connectivity index (χ2n) is 10.7. The zero-order valence-corrected chi connectivity index (χ0v) is 27.3. The number of carbonyl (C=O) groups excluding carboxylic acids is 4. The van der Waals surface area contributed by atoms with Crippen LogP contribution < -0.4 is 9.47 Å². The molecule has 0 aliphatic heterocycles. The van der Waals surface area contributed by atoms with Crippen LogP contribution in [0.4, 0.5) is 26.3 Å². The first-order chi connectivity index (χ1) is 23.4. The van der Waals surface area contributed by atoms with Crippen LogP contribution in [0.15, 0.2) is 72.8 Å². The fourth-order valence-electron chi connectivity index (χ4n) is 5.03. The van der Waals surface area contributed by atoms with E-state index in [0.29, 0.717) is 14.2 Å². The third-order valence-corrected chi connectivity index (χ3v) is 7.45. The van der Waals surface area contributed by atoms with E-state index < -0.39 is 88.8 Å². The van der Waals surface area contributed by atoms with Crippen LogP contribution in [-0.4, -0.2) is 70.1 Å². The summed E-state index contributed by atoms with van der Waals surface area (Å²) in [5.74, 6) is -6.80. The number of ether oxygens (including phenoxy) is 6. The standard InChI is InChI=1S/C34H32F6O10/c1-20-16-25(45-3)18-26(50-30(44)32(47-5,34(38,39)40)23-14-10-7-11-15-23)27(20)28(42)48-19-24(41)17-21(2)49-29(43)31(46-4,33(35,36)37)22-12-8-6-9-13-22/h6-16,18,21H,17,19H2,1-5H3/t21-,31+,32+/m0/s1. The van der Waals surface area contributed by atoms with Crippen molar-refractivity contribution < 1.29 is 73.9 Å². The Morgan fingerprint density at radius 3 is 1.64 bits per heavy atom. The molecule has 0 radical (unpaired) electrons. The highest BCUT2D eigenvalue weighted by Gasteiger charge is 2.65. The number of aryl methyl sites for hydroxylation is 1. The number of Topliss-reactive ketones (excluding diaryl/α,β-unsaturated/α-hetero) is 1. The summed E-state index contributed by atoms with van der Waals surface area (Å²) in [6, 6.07) is 14.1. The van der Waals surface area contributed by atoms with Gasteiger partial charge in [0.2, 0.25) is 0 Å². The molecule has 0 spiro atoms. The Morgan fingerprint density at radius 1 is 0.720 bits per heavy atom. The van der Waals surface area contributed by atoms with Gasteiger partial charge in [0.05, 0.1) is 7.11 Å². The van der Waals surface area contributed by atoms with Gasteiger partial charge in [-0.05, 0) is 25.5 Å². The van der Waals surface area contributed by atoms with E-state index in [0.717, 1.165) is 37.3 Å². The monoisotopic (exact) mass is 714 g/mol. The molecule has 3 aromatic rings. The summed E-state index contributed by atoms with van der Waals surface area (Å²) in [6.07, 6.45) is -12.8. The number of alkyl halides is 6. The number of esters is 3. The second-order valence-corrected chi connectivity index (χ2v) is 10.7. The molecule has 50 heavy (non-hydrogen) atoms. The minimum absolute atomic E-state index is 0.00519. The second kappa shape index (κ2) is 15.7. The molecular weight excluding hydrogens is 682 g/mol. The normalized spacial score (nSPS) is 14.8. The zero-order valence-electron chi connectivity index (χ0n) is 27.3. The van der Waals surface area contributed by atoms with E-state index in [1.165, 1.54) is 56.5 Å². The lowest BCUT2D eigenvalue weighted by Crippen LogP contribution is -2.52. The Morgan fingerprint density at radius 2 is 1.20 bits per heavy atom. The predicted octanol–water partition coefficient (Wildman–Crippen LogP) is 6.17. The largest absolute Gasteiger partial charge is 0.497 e. The summed E-state index contributed by atoms with van der Waals surface area (Å²) in [7, 11) is 2.52. The maximum Gasteiger partial charge on any atom is 0.432 e. The van der Waals surface area contributed by atoms with Crippen molar-refractivity contribution in [1.29, 1.82) is 0 Å². The molecule has 0 aliphatic rings. The number of benzene rings is 3. The number of rotatable bonds is 14. The number of ketones is 1. The van der Waals surface area contributed by atoms with Gasteiger partial charge in [0.25, 0.3) is 11.2 Å². The first kappa shape index (κ1) is 39.5. The summed E-state index contributed by atoms with van der Waals surface area (Å²) in [4.78, 5) is 52.0. The molecule has 0 unspecified atom stereocenters. The Kier molecular flexibility index (Phi) is 12.4. The van der Waals surface area contributed by atoms with Crippen LogP contribution in [0.1, 0.15) is 40.4 Å². The minimum Gasteiger partial charge on any atom is -0.497 e. The van der Waals surface area contributed by atoms with Crippen LogP contribution in [-0.2, 0) is 44.5 Å². The SMILES string of the molecule is COc1cc(C)c(C(=O)OCC(=O)C[C@H](C)OC(=O)[C@](OC)(c2ccccc2)C(F)(F)F)c(OC(=O)[C@](OC)(c2ccccc2)C(F)(F)F)c1. The number of methoxy groups -OCH3 is 3. The summed E-state index contributed by atoms with van der Waals surface area (Å²) >= 11 is 0. The molecular formula is C34H32F6O10. The number of carbonyl (C=O) groups is 4. The van der Waals surface area contributed by atoms with E-state index in [9.17, 15) is 45.5 Å². The lowest BCUT2D eigenvalue weighted by molar-refractivity contribution is -0.278. The third-order valence-electron chi connectivity index (χ3n) is 7.45. The summed E-state index contributed by atoms with van der Waals surface area (Å²) in [5, 5.41) is 0. The van der Waals surface area contributed by atoms with Gasteiger partial charge in [-0.1, -0.05) is 60.7 Å². The predicted molar refractivity (Wildman–Crippen MR) is 161 cm³/mol. The molecule has 0 saturated carbocycles. The van der Waals surface area contributed by atoms with E-state index in [1.54, 1.807) is 0 Å². The van der Waals surface area contributed by atoms with Crippen molar-refractivity contribution in [1.82, 2.24) is 0 Å². The van der Waals surface area contributed by atoms with Crippen LogP contribution in [0.25, 0.3) is 0 Å². The minimum atomic E-state index is -5.34. The lowest BCUT2D eigenvalue weighted by Gasteiger charge is -2.33. The highest BCUT2D eigenvalue weighted by molar-refractivity contribution is 5.97. The Labute approximate surface area is 282 Å². The van der Waals surface area contributed by atoms with E-state index in [4.69, 9.17) is 23.7 Å². The van der Waals surface area contributed by atoms with Crippen molar-refractivity contribution in [2.75, 3.05) is 27.9 Å². The Balaban J connectivity index is 1.81. The fraction of sp³-hybridized carbons (Fsp3) is 0.353. The molecule has 3 aromatic carbocycles. The molecule has 3 rings (SSSR count). The zero-order chi connectivity index (χ0) is 37.5. The topological polar surface area (TPSA) is 124 Å². The van der Waals surface area contributed by atoms with E-state index >= 15 is 0 Å². The van der Waals surface area contributed by atoms with Gasteiger partial charge in [-0.2, -0.15) is 26.3 Å². The molecule has 270 valence electrons. The Bertz CT molecular complexity index is 1680. The number of halogens is 6. The van der Waals surface area contributed by atoms with Gasteiger partial charge in [-0.25, -0.2) is 14.4 Å². The van der Waals surface area contributed by atoms with Gasteiger partial charge in [0.15, 0.2) is 5.78 Å². The van der Waals surface area contributed by atoms with Gasteiger partial charge in [0.1, 0.15) is 29.8 Å². The number of hydrogen-bond acceptors (Lipinski definition) is 10. The van der Waals surface area contributed by atoms with Crippen LogP contribution in [0.2, 0.25) is 0 Å². The first-order valence-electron chi connectivity index (χ1n) is 14.5. The van der Waals surface area contributed by atoms with Crippen molar-refractivity contribution in [3.63, 3.8) is 0 Å². The van der Waals surface area contributed by atoms with Gasteiger partial charge in [-0.3, -0.25) is 4.79 Å². The van der Waals surface area contributed by atoms with Crippen LogP contribution in [0.3, 0.4) is 0 Å². The summed E-state index contributed by atoms with van der Waals surface area (Å²) in [6.45, 7) is 1.43. The fourth-order valence-corrected chi connectivity index (χ4v) is 5.03. The molecule has 16 heteroatoms. The smallest absolute Gasteiger partial charge is 0.432 e. The van der Waals surface area contributed by atoms with Gasteiger partial charge >= 0.3 is 30.3 Å².